The zero-order valence-corrected chi connectivity index (χ0v) is 13.3. The summed E-state index contributed by atoms with van der Waals surface area (Å²) in [5.74, 6) is 0.496. The third-order valence-electron chi connectivity index (χ3n) is 2.82. The number of benzene rings is 1. The molecular formula is C13H10ClN3O2S2. The molecule has 0 saturated heterocycles. The van der Waals surface area contributed by atoms with Gasteiger partial charge in [-0.3, -0.25) is 0 Å². The summed E-state index contributed by atoms with van der Waals surface area (Å²) in [5, 5.41) is 5.03. The van der Waals surface area contributed by atoms with E-state index in [1.165, 1.54) is 17.6 Å². The van der Waals surface area contributed by atoms with E-state index in [0.717, 1.165) is 10.2 Å². The number of aromatic nitrogens is 2. The van der Waals surface area contributed by atoms with Gasteiger partial charge >= 0.3 is 0 Å². The molecule has 3 rings (SSSR count). The predicted molar refractivity (Wildman–Crippen MR) is 85.3 cm³/mol. The van der Waals surface area contributed by atoms with Crippen LogP contribution in [0.3, 0.4) is 0 Å². The van der Waals surface area contributed by atoms with Crippen molar-refractivity contribution in [2.24, 2.45) is 0 Å². The van der Waals surface area contributed by atoms with Crippen LogP contribution in [0.15, 0.2) is 40.6 Å². The zero-order chi connectivity index (χ0) is 15.0. The van der Waals surface area contributed by atoms with Crippen LogP contribution in [0.1, 0.15) is 0 Å². The molecule has 0 atom stereocenters. The minimum Gasteiger partial charge on any atom is -0.338 e. The van der Waals surface area contributed by atoms with Gasteiger partial charge in [0, 0.05) is 6.26 Å². The number of para-hydroxylation sites is 1. The van der Waals surface area contributed by atoms with Crippen LogP contribution in [0.4, 0.5) is 11.5 Å². The second kappa shape index (κ2) is 5.25. The monoisotopic (exact) mass is 339 g/mol. The Morgan fingerprint density at radius 2 is 1.95 bits per heavy atom. The Kier molecular flexibility index (Phi) is 3.56. The van der Waals surface area contributed by atoms with Crippen LogP contribution in [-0.2, 0) is 9.84 Å². The van der Waals surface area contributed by atoms with Crippen molar-refractivity contribution in [1.29, 1.82) is 0 Å². The Balaban J connectivity index is 2.14. The molecule has 0 saturated carbocycles. The highest BCUT2D eigenvalue weighted by Crippen LogP contribution is 2.31. The fourth-order valence-corrected chi connectivity index (χ4v) is 3.74. The van der Waals surface area contributed by atoms with E-state index < -0.39 is 9.84 Å². The largest absolute Gasteiger partial charge is 0.338 e. The van der Waals surface area contributed by atoms with Crippen molar-refractivity contribution in [3.63, 3.8) is 0 Å². The Morgan fingerprint density at radius 3 is 2.71 bits per heavy atom. The van der Waals surface area contributed by atoms with Crippen molar-refractivity contribution in [3.05, 3.63) is 41.0 Å². The number of halogens is 1. The lowest BCUT2D eigenvalue weighted by Crippen LogP contribution is -2.03. The van der Waals surface area contributed by atoms with Gasteiger partial charge in [-0.2, -0.15) is 4.98 Å². The molecule has 3 aromatic rings. The van der Waals surface area contributed by atoms with E-state index >= 15 is 0 Å². The zero-order valence-electron chi connectivity index (χ0n) is 10.9. The third kappa shape index (κ3) is 2.85. The topological polar surface area (TPSA) is 72.0 Å². The van der Waals surface area contributed by atoms with E-state index in [1.807, 2.05) is 11.4 Å². The van der Waals surface area contributed by atoms with Gasteiger partial charge in [-0.25, -0.2) is 13.4 Å². The molecular weight excluding hydrogens is 330 g/mol. The lowest BCUT2D eigenvalue weighted by molar-refractivity contribution is 0.602. The van der Waals surface area contributed by atoms with E-state index in [-0.39, 0.29) is 10.2 Å². The van der Waals surface area contributed by atoms with Crippen LogP contribution >= 0.6 is 22.9 Å². The van der Waals surface area contributed by atoms with Gasteiger partial charge in [0.15, 0.2) is 15.7 Å². The average molecular weight is 340 g/mol. The molecule has 0 aliphatic heterocycles. The molecule has 108 valence electrons. The molecule has 0 aliphatic carbocycles. The minimum atomic E-state index is -3.34. The minimum absolute atomic E-state index is 0.111. The first-order valence-corrected chi connectivity index (χ1v) is 9.07. The molecule has 0 spiro atoms. The van der Waals surface area contributed by atoms with Gasteiger partial charge in [-0.1, -0.05) is 12.1 Å². The van der Waals surface area contributed by atoms with Gasteiger partial charge < -0.3 is 5.32 Å². The first-order valence-electron chi connectivity index (χ1n) is 5.92. The lowest BCUT2D eigenvalue weighted by atomic mass is 10.3. The molecule has 2 aromatic heterocycles. The summed E-state index contributed by atoms with van der Waals surface area (Å²) in [6.07, 6.45) is 1.17. The predicted octanol–water partition coefficient (Wildman–Crippen LogP) is 3.49. The van der Waals surface area contributed by atoms with E-state index in [9.17, 15) is 8.42 Å². The fourth-order valence-electron chi connectivity index (χ4n) is 1.94. The number of hydrogen-bond donors (Lipinski definition) is 1. The Bertz CT molecular complexity index is 922. The van der Waals surface area contributed by atoms with Crippen molar-refractivity contribution >= 4 is 54.5 Å². The molecule has 0 radical (unpaired) electrons. The number of hydrogen-bond acceptors (Lipinski definition) is 6. The highest BCUT2D eigenvalue weighted by atomic mass is 35.5. The molecule has 0 amide bonds. The highest BCUT2D eigenvalue weighted by molar-refractivity contribution is 7.90. The number of anilines is 2. The van der Waals surface area contributed by atoms with Crippen molar-refractivity contribution in [1.82, 2.24) is 9.97 Å². The third-order valence-corrected chi connectivity index (χ3v) is 5.05. The molecule has 0 unspecified atom stereocenters. The summed E-state index contributed by atoms with van der Waals surface area (Å²) in [5.41, 5.74) is 1.18. The van der Waals surface area contributed by atoms with Gasteiger partial charge in [-0.15, -0.1) is 11.3 Å². The van der Waals surface area contributed by atoms with Crippen molar-refractivity contribution in [2.75, 3.05) is 11.6 Å². The summed E-state index contributed by atoms with van der Waals surface area (Å²) < 4.78 is 24.5. The number of nitrogens with one attached hydrogen (secondary N) is 1. The Labute approximate surface area is 130 Å². The van der Waals surface area contributed by atoms with Crippen LogP contribution in [0.25, 0.3) is 10.2 Å². The SMILES string of the molecule is CS(=O)(=O)c1ccccc1Nc1nc(Cl)nc2ccsc12. The molecule has 8 heteroatoms. The van der Waals surface area contributed by atoms with Gasteiger partial charge in [0.25, 0.3) is 0 Å². The van der Waals surface area contributed by atoms with Crippen molar-refractivity contribution in [2.45, 2.75) is 4.90 Å². The van der Waals surface area contributed by atoms with Gasteiger partial charge in [0.2, 0.25) is 5.28 Å². The van der Waals surface area contributed by atoms with Gasteiger partial charge in [0.1, 0.15) is 0 Å². The first-order chi connectivity index (χ1) is 9.95. The maximum absolute atomic E-state index is 11.8. The summed E-state index contributed by atoms with van der Waals surface area (Å²) in [6.45, 7) is 0. The van der Waals surface area contributed by atoms with Crippen LogP contribution in [-0.4, -0.2) is 24.6 Å². The highest BCUT2D eigenvalue weighted by Gasteiger charge is 2.15. The number of nitrogens with zero attached hydrogens (tertiary/aromatic N) is 2. The quantitative estimate of drug-likeness (QED) is 0.739. The van der Waals surface area contributed by atoms with E-state index in [1.54, 1.807) is 24.3 Å². The molecule has 0 aliphatic rings. The number of thiophene rings is 1. The molecule has 21 heavy (non-hydrogen) atoms. The Morgan fingerprint density at radius 1 is 1.19 bits per heavy atom. The maximum Gasteiger partial charge on any atom is 0.224 e. The summed E-state index contributed by atoms with van der Waals surface area (Å²) in [7, 11) is -3.34. The second-order valence-corrected chi connectivity index (χ2v) is 7.61. The lowest BCUT2D eigenvalue weighted by Gasteiger charge is -2.10. The van der Waals surface area contributed by atoms with Crippen molar-refractivity contribution in [3.8, 4) is 0 Å². The number of sulfone groups is 1. The summed E-state index contributed by atoms with van der Waals surface area (Å²) >= 11 is 7.36. The van der Waals surface area contributed by atoms with E-state index in [2.05, 4.69) is 15.3 Å². The number of rotatable bonds is 3. The first kappa shape index (κ1) is 14.2. The van der Waals surface area contributed by atoms with Crippen LogP contribution < -0.4 is 5.32 Å². The average Bonchev–Trinajstić information content (AvgIpc) is 2.86. The number of fused-ring (bicyclic) bond motifs is 1. The smallest absolute Gasteiger partial charge is 0.224 e. The fraction of sp³-hybridized carbons (Fsp3) is 0.0769. The molecule has 2 heterocycles. The Hall–Kier alpha value is -1.70. The second-order valence-electron chi connectivity index (χ2n) is 4.37. The van der Waals surface area contributed by atoms with E-state index in [0.29, 0.717) is 11.5 Å². The van der Waals surface area contributed by atoms with Crippen LogP contribution in [0.5, 0.6) is 0 Å². The molecule has 1 aromatic carbocycles. The van der Waals surface area contributed by atoms with Gasteiger partial charge in [-0.05, 0) is 35.2 Å². The summed E-state index contributed by atoms with van der Waals surface area (Å²) in [6, 6.07) is 8.50. The van der Waals surface area contributed by atoms with Crippen LogP contribution in [0.2, 0.25) is 5.28 Å². The standard InChI is InChI=1S/C13H10ClN3O2S2/c1-21(18,19)10-5-3-2-4-8(10)15-12-11-9(6-7-20-11)16-13(14)17-12/h2-7H,1H3,(H,15,16,17). The van der Waals surface area contributed by atoms with E-state index in [4.69, 9.17) is 11.6 Å². The maximum atomic E-state index is 11.8. The molecule has 0 fully saturated rings. The van der Waals surface area contributed by atoms with Crippen LogP contribution in [0, 0.1) is 0 Å². The van der Waals surface area contributed by atoms with Crippen molar-refractivity contribution < 1.29 is 8.42 Å². The molecule has 1 N–H and O–H groups in total. The molecule has 0 bridgehead atoms. The normalized spacial score (nSPS) is 11.7. The summed E-state index contributed by atoms with van der Waals surface area (Å²) in [4.78, 5) is 8.48. The molecule has 5 nitrogen and oxygen atoms in total. The van der Waals surface area contributed by atoms with Gasteiger partial charge in [0.05, 0.1) is 20.8 Å².